The Bertz CT molecular complexity index is 571. The molecule has 18 heavy (non-hydrogen) atoms. The molecule has 0 spiro atoms. The number of hydrogen-bond acceptors (Lipinski definition) is 3. The largest absolute Gasteiger partial charge is 0.293 e. The highest BCUT2D eigenvalue weighted by Crippen LogP contribution is 2.22. The normalized spacial score (nSPS) is 10.3. The van der Waals surface area contributed by atoms with Gasteiger partial charge in [-0.25, -0.2) is 0 Å². The molecule has 0 N–H and O–H groups in total. The van der Waals surface area contributed by atoms with Crippen molar-refractivity contribution < 1.29 is 4.79 Å². The van der Waals surface area contributed by atoms with Crippen LogP contribution in [0.15, 0.2) is 47.6 Å². The molecule has 0 fully saturated rings. The van der Waals surface area contributed by atoms with Crippen LogP contribution < -0.4 is 0 Å². The molecule has 2 nitrogen and oxygen atoms in total. The van der Waals surface area contributed by atoms with Crippen molar-refractivity contribution in [1.82, 2.24) is 4.98 Å². The third kappa shape index (κ3) is 3.34. The molecular weight excluding hydrogens is 266 g/mol. The maximum absolute atomic E-state index is 12.0. The number of hydrogen-bond donors (Lipinski definition) is 0. The summed E-state index contributed by atoms with van der Waals surface area (Å²) >= 11 is 7.38. The molecule has 1 aromatic heterocycles. The predicted molar refractivity (Wildman–Crippen MR) is 75.5 cm³/mol. The van der Waals surface area contributed by atoms with Gasteiger partial charge in [-0.1, -0.05) is 17.7 Å². The number of thioether (sulfide) groups is 1. The van der Waals surface area contributed by atoms with Crippen LogP contribution in [0.1, 0.15) is 15.9 Å². The van der Waals surface area contributed by atoms with E-state index in [1.807, 2.05) is 37.3 Å². The smallest absolute Gasteiger partial charge is 0.174 e. The van der Waals surface area contributed by atoms with Crippen molar-refractivity contribution in [3.63, 3.8) is 0 Å². The fourth-order valence-corrected chi connectivity index (χ4v) is 2.63. The van der Waals surface area contributed by atoms with Crippen molar-refractivity contribution in [3.8, 4) is 0 Å². The lowest BCUT2D eigenvalue weighted by atomic mass is 10.1. The van der Waals surface area contributed by atoms with E-state index < -0.39 is 0 Å². The average Bonchev–Trinajstić information content (AvgIpc) is 2.37. The summed E-state index contributed by atoms with van der Waals surface area (Å²) in [5, 5.41) is 0.685. The molecular formula is C14H12ClNOS. The lowest BCUT2D eigenvalue weighted by Gasteiger charge is -2.04. The first-order chi connectivity index (χ1) is 8.66. The van der Waals surface area contributed by atoms with E-state index in [0.29, 0.717) is 16.3 Å². The maximum atomic E-state index is 12.0. The van der Waals surface area contributed by atoms with Crippen LogP contribution in [-0.2, 0) is 0 Å². The summed E-state index contributed by atoms with van der Waals surface area (Å²) in [6.45, 7) is 1.92. The number of halogens is 1. The first-order valence-electron chi connectivity index (χ1n) is 5.49. The summed E-state index contributed by atoms with van der Waals surface area (Å²) < 4.78 is 0. The SMILES string of the molecule is Cc1ccncc1C(=O)CSc1cccc(Cl)c1. The van der Waals surface area contributed by atoms with Crippen molar-refractivity contribution in [2.75, 3.05) is 5.75 Å². The highest BCUT2D eigenvalue weighted by molar-refractivity contribution is 8.00. The molecule has 1 aromatic carbocycles. The number of aromatic nitrogens is 1. The van der Waals surface area contributed by atoms with Gasteiger partial charge in [0.25, 0.3) is 0 Å². The Kier molecular flexibility index (Phi) is 4.39. The molecule has 2 rings (SSSR count). The maximum Gasteiger partial charge on any atom is 0.174 e. The molecule has 0 unspecified atom stereocenters. The van der Waals surface area contributed by atoms with Crippen molar-refractivity contribution in [1.29, 1.82) is 0 Å². The zero-order valence-corrected chi connectivity index (χ0v) is 11.5. The first kappa shape index (κ1) is 13.1. The minimum absolute atomic E-state index is 0.0885. The summed E-state index contributed by atoms with van der Waals surface area (Å²) in [4.78, 5) is 17.0. The van der Waals surface area contributed by atoms with E-state index >= 15 is 0 Å². The van der Waals surface area contributed by atoms with Crippen LogP contribution in [-0.4, -0.2) is 16.5 Å². The van der Waals surface area contributed by atoms with Gasteiger partial charge in [0.05, 0.1) is 5.75 Å². The number of ketones is 1. The quantitative estimate of drug-likeness (QED) is 0.624. The number of Topliss-reactive ketones (excluding diaryl/α,β-unsaturated/α-hetero) is 1. The summed E-state index contributed by atoms with van der Waals surface area (Å²) in [5.74, 6) is 0.484. The summed E-state index contributed by atoms with van der Waals surface area (Å²) in [6, 6.07) is 9.34. The number of nitrogens with zero attached hydrogens (tertiary/aromatic N) is 1. The Balaban J connectivity index is 2.03. The van der Waals surface area contributed by atoms with Gasteiger partial charge in [-0.15, -0.1) is 11.8 Å². The second-order valence-electron chi connectivity index (χ2n) is 3.86. The van der Waals surface area contributed by atoms with E-state index in [-0.39, 0.29) is 5.78 Å². The van der Waals surface area contributed by atoms with Gasteiger partial charge in [0.1, 0.15) is 0 Å². The van der Waals surface area contributed by atoms with Crippen LogP contribution in [0, 0.1) is 6.92 Å². The molecule has 0 aliphatic carbocycles. The molecule has 0 atom stereocenters. The monoisotopic (exact) mass is 277 g/mol. The van der Waals surface area contributed by atoms with Crippen LogP contribution in [0.2, 0.25) is 5.02 Å². The second kappa shape index (κ2) is 6.03. The molecule has 0 amide bonds. The third-order valence-corrected chi connectivity index (χ3v) is 3.73. The Morgan fingerprint density at radius 1 is 1.39 bits per heavy atom. The highest BCUT2D eigenvalue weighted by atomic mass is 35.5. The Morgan fingerprint density at radius 2 is 2.22 bits per heavy atom. The van der Waals surface area contributed by atoms with E-state index in [1.54, 1.807) is 12.4 Å². The third-order valence-electron chi connectivity index (χ3n) is 2.51. The first-order valence-corrected chi connectivity index (χ1v) is 6.85. The molecule has 0 aliphatic heterocycles. The fourth-order valence-electron chi connectivity index (χ4n) is 1.54. The Morgan fingerprint density at radius 3 is 2.94 bits per heavy atom. The molecule has 0 radical (unpaired) electrons. The lowest BCUT2D eigenvalue weighted by molar-refractivity contribution is 0.102. The molecule has 0 aliphatic rings. The van der Waals surface area contributed by atoms with Gasteiger partial charge in [-0.2, -0.15) is 0 Å². The van der Waals surface area contributed by atoms with Gasteiger partial charge < -0.3 is 0 Å². The lowest BCUT2D eigenvalue weighted by Crippen LogP contribution is -2.05. The number of carbonyl (C=O) groups is 1. The minimum atomic E-state index is 0.0885. The van der Waals surface area contributed by atoms with Crippen LogP contribution in [0.25, 0.3) is 0 Å². The molecule has 0 bridgehead atoms. The second-order valence-corrected chi connectivity index (χ2v) is 5.35. The number of pyridine rings is 1. The average molecular weight is 278 g/mol. The Labute approximate surface area is 115 Å². The number of benzene rings is 1. The topological polar surface area (TPSA) is 30.0 Å². The molecule has 4 heteroatoms. The Hall–Kier alpha value is -1.32. The van der Waals surface area contributed by atoms with Crippen molar-refractivity contribution in [3.05, 3.63) is 58.9 Å². The van der Waals surface area contributed by atoms with Crippen molar-refractivity contribution in [2.45, 2.75) is 11.8 Å². The van der Waals surface area contributed by atoms with Gasteiger partial charge in [0.15, 0.2) is 5.78 Å². The van der Waals surface area contributed by atoms with Crippen LogP contribution in [0.4, 0.5) is 0 Å². The minimum Gasteiger partial charge on any atom is -0.293 e. The van der Waals surface area contributed by atoms with Gasteiger partial charge in [-0.05, 0) is 36.8 Å². The number of rotatable bonds is 4. The van der Waals surface area contributed by atoms with E-state index in [0.717, 1.165) is 10.5 Å². The summed E-state index contributed by atoms with van der Waals surface area (Å²) in [5.41, 5.74) is 1.65. The number of carbonyl (C=O) groups excluding carboxylic acids is 1. The van der Waals surface area contributed by atoms with Gasteiger partial charge in [0.2, 0.25) is 0 Å². The van der Waals surface area contributed by atoms with Crippen LogP contribution >= 0.6 is 23.4 Å². The van der Waals surface area contributed by atoms with Gasteiger partial charge >= 0.3 is 0 Å². The van der Waals surface area contributed by atoms with Crippen LogP contribution in [0.5, 0.6) is 0 Å². The van der Waals surface area contributed by atoms with Crippen molar-refractivity contribution in [2.24, 2.45) is 0 Å². The van der Waals surface area contributed by atoms with Crippen molar-refractivity contribution >= 4 is 29.1 Å². The van der Waals surface area contributed by atoms with E-state index in [1.165, 1.54) is 11.8 Å². The van der Waals surface area contributed by atoms with Gasteiger partial charge in [0, 0.05) is 27.9 Å². The fraction of sp³-hybridized carbons (Fsp3) is 0.143. The zero-order valence-electron chi connectivity index (χ0n) is 9.89. The highest BCUT2D eigenvalue weighted by Gasteiger charge is 2.09. The molecule has 2 aromatic rings. The molecule has 0 saturated heterocycles. The van der Waals surface area contributed by atoms with E-state index in [9.17, 15) is 4.79 Å². The predicted octanol–water partition coefficient (Wildman–Crippen LogP) is 4.02. The molecule has 92 valence electrons. The molecule has 0 saturated carbocycles. The van der Waals surface area contributed by atoms with Gasteiger partial charge in [-0.3, -0.25) is 9.78 Å². The van der Waals surface area contributed by atoms with E-state index in [4.69, 9.17) is 11.6 Å². The summed E-state index contributed by atoms with van der Waals surface area (Å²) in [6.07, 6.45) is 3.31. The molecule has 1 heterocycles. The zero-order chi connectivity index (χ0) is 13.0. The number of aryl methyl sites for hydroxylation is 1. The standard InChI is InChI=1S/C14H12ClNOS/c1-10-5-6-16-8-13(10)14(17)9-18-12-4-2-3-11(15)7-12/h2-8H,9H2,1H3. The van der Waals surface area contributed by atoms with E-state index in [2.05, 4.69) is 4.98 Å². The summed E-state index contributed by atoms with van der Waals surface area (Å²) in [7, 11) is 0. The van der Waals surface area contributed by atoms with Crippen LogP contribution in [0.3, 0.4) is 0 Å².